The van der Waals surface area contributed by atoms with Gasteiger partial charge in [0.05, 0.1) is 29.9 Å². The lowest BCUT2D eigenvalue weighted by atomic mass is 10.1. The number of benzene rings is 2. The number of carbonyl (C=O) groups is 2. The summed E-state index contributed by atoms with van der Waals surface area (Å²) in [5, 5.41) is 0. The highest BCUT2D eigenvalue weighted by Gasteiger charge is 2.28. The number of hydrogen-bond acceptors (Lipinski definition) is 7. The van der Waals surface area contributed by atoms with Gasteiger partial charge in [-0.1, -0.05) is 24.3 Å². The van der Waals surface area contributed by atoms with E-state index < -0.39 is 28.3 Å². The molecule has 0 N–H and O–H groups in total. The fourth-order valence-corrected chi connectivity index (χ4v) is 3.62. The first-order valence-corrected chi connectivity index (χ1v) is 10.1. The van der Waals surface area contributed by atoms with Gasteiger partial charge >= 0.3 is 11.9 Å². The molecular weight excluding hydrogens is 408 g/mol. The fourth-order valence-electron chi connectivity index (χ4n) is 2.39. The van der Waals surface area contributed by atoms with Crippen molar-refractivity contribution in [3.05, 3.63) is 66.1 Å². The van der Waals surface area contributed by atoms with Gasteiger partial charge in [-0.25, -0.2) is 13.8 Å². The molecule has 0 bridgehead atoms. The zero-order valence-electron chi connectivity index (χ0n) is 17.5. The Balaban J connectivity index is 2.62. The van der Waals surface area contributed by atoms with Crippen LogP contribution in [0.4, 0.5) is 0 Å². The van der Waals surface area contributed by atoms with Crippen molar-refractivity contribution in [1.29, 1.82) is 0 Å². The molecule has 160 valence electrons. The van der Waals surface area contributed by atoms with Gasteiger partial charge in [-0.2, -0.15) is 0 Å². The summed E-state index contributed by atoms with van der Waals surface area (Å²) in [5.41, 5.74) is -0.857. The van der Waals surface area contributed by atoms with Crippen LogP contribution in [-0.2, 0) is 29.8 Å². The van der Waals surface area contributed by atoms with E-state index in [1.54, 1.807) is 63.2 Å². The van der Waals surface area contributed by atoms with E-state index in [1.165, 1.54) is 20.3 Å². The minimum atomic E-state index is -1.70. The van der Waals surface area contributed by atoms with Crippen LogP contribution < -0.4 is 4.74 Å². The molecule has 0 saturated carbocycles. The zero-order valence-corrected chi connectivity index (χ0v) is 18.3. The predicted octanol–water partition coefficient (Wildman–Crippen LogP) is 3.85. The minimum Gasteiger partial charge on any atom is -0.500 e. The van der Waals surface area contributed by atoms with Gasteiger partial charge in [0.15, 0.2) is 0 Å². The van der Waals surface area contributed by atoms with Crippen LogP contribution in [0.5, 0.6) is 5.75 Å². The van der Waals surface area contributed by atoms with E-state index in [0.717, 1.165) is 6.26 Å². The highest BCUT2D eigenvalue weighted by atomic mass is 32.2. The van der Waals surface area contributed by atoms with E-state index in [4.69, 9.17) is 14.2 Å². The summed E-state index contributed by atoms with van der Waals surface area (Å²) in [4.78, 5) is 25.7. The lowest BCUT2D eigenvalue weighted by molar-refractivity contribution is -0.138. The molecule has 0 aliphatic heterocycles. The third-order valence-corrected chi connectivity index (χ3v) is 5.02. The van der Waals surface area contributed by atoms with Gasteiger partial charge in [-0.3, -0.25) is 0 Å². The Morgan fingerprint density at radius 1 is 0.967 bits per heavy atom. The van der Waals surface area contributed by atoms with Gasteiger partial charge in [0.25, 0.3) is 0 Å². The normalized spacial score (nSPS) is 12.6. The lowest BCUT2D eigenvalue weighted by Crippen LogP contribution is -2.25. The first kappa shape index (κ1) is 23.2. The monoisotopic (exact) mass is 432 g/mol. The number of methoxy groups -OCH3 is 2. The first-order chi connectivity index (χ1) is 14.2. The molecule has 0 saturated heterocycles. The van der Waals surface area contributed by atoms with Gasteiger partial charge < -0.3 is 18.9 Å². The molecule has 2 aromatic rings. The Hall–Kier alpha value is -3.13. The van der Waals surface area contributed by atoms with Gasteiger partial charge in [-0.15, -0.1) is 0 Å². The van der Waals surface area contributed by atoms with Gasteiger partial charge in [-0.05, 0) is 45.0 Å². The van der Waals surface area contributed by atoms with E-state index >= 15 is 0 Å². The Kier molecular flexibility index (Phi) is 7.77. The SMILES string of the molecule is CO/C=C(/Oc1cccc(S(=O)c2ccccc2)c1C(=O)OC(C)(C)C)C(=O)OC. The van der Waals surface area contributed by atoms with Gasteiger partial charge in [0.1, 0.15) is 23.2 Å². The van der Waals surface area contributed by atoms with Crippen LogP contribution in [0.25, 0.3) is 0 Å². The van der Waals surface area contributed by atoms with Crippen LogP contribution in [0.15, 0.2) is 70.3 Å². The first-order valence-electron chi connectivity index (χ1n) is 9.00. The molecule has 1 unspecified atom stereocenters. The molecule has 0 spiro atoms. The maximum Gasteiger partial charge on any atom is 0.377 e. The molecule has 0 aromatic heterocycles. The van der Waals surface area contributed by atoms with Crippen molar-refractivity contribution >= 4 is 22.7 Å². The Labute approximate surface area is 178 Å². The van der Waals surface area contributed by atoms with Crippen molar-refractivity contribution in [1.82, 2.24) is 0 Å². The molecule has 0 fully saturated rings. The molecule has 30 heavy (non-hydrogen) atoms. The highest BCUT2D eigenvalue weighted by Crippen LogP contribution is 2.31. The number of esters is 2. The van der Waals surface area contributed by atoms with E-state index in [0.29, 0.717) is 4.90 Å². The smallest absolute Gasteiger partial charge is 0.377 e. The Morgan fingerprint density at radius 3 is 2.20 bits per heavy atom. The van der Waals surface area contributed by atoms with E-state index in [9.17, 15) is 13.8 Å². The number of carbonyl (C=O) groups excluding carboxylic acids is 2. The summed E-state index contributed by atoms with van der Waals surface area (Å²) in [7, 11) is 0.824. The maximum absolute atomic E-state index is 13.2. The summed E-state index contributed by atoms with van der Waals surface area (Å²) in [6.45, 7) is 5.15. The Bertz CT molecular complexity index is 959. The molecule has 0 aliphatic carbocycles. The van der Waals surface area contributed by atoms with Crippen molar-refractivity contribution in [2.24, 2.45) is 0 Å². The van der Waals surface area contributed by atoms with Crippen LogP contribution >= 0.6 is 0 Å². The molecule has 8 heteroatoms. The minimum absolute atomic E-state index is 0.0141. The number of ether oxygens (including phenoxy) is 4. The van der Waals surface area contributed by atoms with Crippen LogP contribution in [0, 0.1) is 0 Å². The van der Waals surface area contributed by atoms with Gasteiger partial charge in [0, 0.05) is 4.90 Å². The molecule has 2 aromatic carbocycles. The quantitative estimate of drug-likeness (QED) is 0.373. The summed E-state index contributed by atoms with van der Waals surface area (Å²) >= 11 is 0. The predicted molar refractivity (Wildman–Crippen MR) is 110 cm³/mol. The second kappa shape index (κ2) is 10.1. The van der Waals surface area contributed by atoms with Crippen molar-refractivity contribution < 1.29 is 32.7 Å². The van der Waals surface area contributed by atoms with Gasteiger partial charge in [0.2, 0.25) is 5.76 Å². The fraction of sp³-hybridized carbons (Fsp3) is 0.273. The summed E-state index contributed by atoms with van der Waals surface area (Å²) in [5.74, 6) is -1.84. The molecule has 2 rings (SSSR count). The number of rotatable bonds is 7. The third-order valence-electron chi connectivity index (χ3n) is 3.58. The second-order valence-corrected chi connectivity index (χ2v) is 8.47. The maximum atomic E-state index is 13.2. The van der Waals surface area contributed by atoms with E-state index in [-0.39, 0.29) is 22.0 Å². The Morgan fingerprint density at radius 2 is 1.63 bits per heavy atom. The molecule has 7 nitrogen and oxygen atoms in total. The average Bonchev–Trinajstić information content (AvgIpc) is 2.71. The third kappa shape index (κ3) is 5.93. The molecule has 0 aliphatic rings. The molecule has 0 heterocycles. The summed E-state index contributed by atoms with van der Waals surface area (Å²) in [6, 6.07) is 13.3. The van der Waals surface area contributed by atoms with Crippen molar-refractivity contribution in [3.63, 3.8) is 0 Å². The van der Waals surface area contributed by atoms with Crippen LogP contribution in [0.2, 0.25) is 0 Å². The van der Waals surface area contributed by atoms with Crippen LogP contribution in [-0.4, -0.2) is 36.0 Å². The largest absolute Gasteiger partial charge is 0.500 e. The van der Waals surface area contributed by atoms with E-state index in [1.807, 2.05) is 0 Å². The van der Waals surface area contributed by atoms with Crippen LogP contribution in [0.1, 0.15) is 31.1 Å². The summed E-state index contributed by atoms with van der Waals surface area (Å²) in [6.07, 6.45) is 1.05. The van der Waals surface area contributed by atoms with Crippen molar-refractivity contribution in [2.45, 2.75) is 36.2 Å². The molecule has 1 atom stereocenters. The molecular formula is C22H24O7S. The van der Waals surface area contributed by atoms with Crippen molar-refractivity contribution in [2.75, 3.05) is 14.2 Å². The highest BCUT2D eigenvalue weighted by molar-refractivity contribution is 7.85. The van der Waals surface area contributed by atoms with E-state index in [2.05, 4.69) is 4.74 Å². The second-order valence-electron chi connectivity index (χ2n) is 7.02. The molecule has 0 amide bonds. The lowest BCUT2D eigenvalue weighted by Gasteiger charge is -2.22. The number of hydrogen-bond donors (Lipinski definition) is 0. The topological polar surface area (TPSA) is 88.1 Å². The average molecular weight is 432 g/mol. The van der Waals surface area contributed by atoms with Crippen molar-refractivity contribution in [3.8, 4) is 5.75 Å². The standard InChI is InChI=1S/C22H24O7S/c1-22(2,3)29-21(24)19-16(28-17(14-26-4)20(23)27-5)12-9-13-18(19)30(25)15-10-7-6-8-11-15/h6-14H,1-5H3/b17-14+. The molecule has 0 radical (unpaired) electrons. The summed E-state index contributed by atoms with van der Waals surface area (Å²) < 4.78 is 33.9. The van der Waals surface area contributed by atoms with Crippen LogP contribution in [0.3, 0.4) is 0 Å². The zero-order chi connectivity index (χ0) is 22.3.